The van der Waals surface area contributed by atoms with E-state index in [9.17, 15) is 18.0 Å². The number of nitrogens with one attached hydrogen (secondary N) is 1. The maximum absolute atomic E-state index is 12.7. The molecule has 0 aliphatic carbocycles. The number of benzene rings is 1. The monoisotopic (exact) mass is 766 g/mol. The molecule has 0 saturated carbocycles. The molecule has 2 aliphatic heterocycles. The average Bonchev–Trinajstić information content (AvgIpc) is 3.78. The third kappa shape index (κ3) is 19.2. The van der Waals surface area contributed by atoms with Crippen LogP contribution in [0.25, 0.3) is 0 Å². The maximum Gasteiger partial charge on any atom is 0.407 e. The molecular formula is C40H66N2O8S2. The second-order valence-electron chi connectivity index (χ2n) is 14.4. The van der Waals surface area contributed by atoms with Crippen LogP contribution < -0.4 is 5.32 Å². The van der Waals surface area contributed by atoms with Gasteiger partial charge in [-0.3, -0.25) is 4.79 Å². The smallest absolute Gasteiger partial charge is 0.407 e. The van der Waals surface area contributed by atoms with E-state index in [-0.39, 0.29) is 35.6 Å². The van der Waals surface area contributed by atoms with Gasteiger partial charge in [0.15, 0.2) is 0 Å². The minimum Gasteiger partial charge on any atom is -0.463 e. The van der Waals surface area contributed by atoms with Gasteiger partial charge in [0, 0.05) is 31.6 Å². The summed E-state index contributed by atoms with van der Waals surface area (Å²) < 4.78 is 47.5. The fourth-order valence-electron chi connectivity index (χ4n) is 6.40. The number of ether oxygens (including phenoxy) is 3. The summed E-state index contributed by atoms with van der Waals surface area (Å²) in [4.78, 5) is 26.4. The van der Waals surface area contributed by atoms with Crippen molar-refractivity contribution < 1.29 is 36.4 Å². The molecule has 1 aromatic carbocycles. The molecular weight excluding hydrogens is 701 g/mol. The Morgan fingerprint density at radius 1 is 0.827 bits per heavy atom. The van der Waals surface area contributed by atoms with Crippen molar-refractivity contribution >= 4 is 33.9 Å². The molecule has 1 N–H and O–H groups in total. The highest BCUT2D eigenvalue weighted by Gasteiger charge is 2.29. The number of thioether (sulfide) groups is 1. The lowest BCUT2D eigenvalue weighted by Gasteiger charge is -2.24. The summed E-state index contributed by atoms with van der Waals surface area (Å²) in [5, 5.41) is 4.68. The van der Waals surface area contributed by atoms with Gasteiger partial charge >= 0.3 is 12.1 Å². The standard InChI is InChI=1S/C40H66N2O8S2/c1-3-4-5-6-7-8-9-10-11-12-13-14-15-16-19-26-41-39(44)49-32-35-30-36(47-31-35)33-48-38(43)21-18-17-20-27-42-28-29-51-40(42)50-52(45,46)37-24-22-34(2)23-25-37/h22-25,28-29,35-36,40H,3-21,26-27,30-33H2,1-2H3,(H,41,44). The van der Waals surface area contributed by atoms with E-state index in [1.807, 2.05) is 23.4 Å². The molecule has 0 bridgehead atoms. The van der Waals surface area contributed by atoms with Crippen LogP contribution in [0.5, 0.6) is 0 Å². The van der Waals surface area contributed by atoms with Crippen molar-refractivity contribution in [2.45, 2.75) is 159 Å². The van der Waals surface area contributed by atoms with E-state index in [1.54, 1.807) is 24.3 Å². The number of aryl methyl sites for hydroxylation is 1. The first kappa shape index (κ1) is 44.1. The molecule has 296 valence electrons. The zero-order chi connectivity index (χ0) is 37.3. The fourth-order valence-corrected chi connectivity index (χ4v) is 8.49. The molecule has 0 radical (unpaired) electrons. The number of hydrogen-bond acceptors (Lipinski definition) is 10. The summed E-state index contributed by atoms with van der Waals surface area (Å²) in [6, 6.07) is 6.60. The van der Waals surface area contributed by atoms with Gasteiger partial charge in [-0.2, -0.15) is 8.42 Å². The van der Waals surface area contributed by atoms with Crippen LogP contribution in [0.3, 0.4) is 0 Å². The minimum absolute atomic E-state index is 0.0951. The van der Waals surface area contributed by atoms with Gasteiger partial charge in [-0.15, -0.1) is 0 Å². The van der Waals surface area contributed by atoms with Crippen molar-refractivity contribution in [1.29, 1.82) is 0 Å². The topological polar surface area (TPSA) is 120 Å². The van der Waals surface area contributed by atoms with Gasteiger partial charge in [0.25, 0.3) is 10.1 Å². The van der Waals surface area contributed by atoms with Gasteiger partial charge < -0.3 is 24.4 Å². The largest absolute Gasteiger partial charge is 0.463 e. The molecule has 2 heterocycles. The van der Waals surface area contributed by atoms with Crippen molar-refractivity contribution in [3.8, 4) is 0 Å². The van der Waals surface area contributed by atoms with Crippen LogP contribution in [0.15, 0.2) is 40.8 Å². The predicted octanol–water partition coefficient (Wildman–Crippen LogP) is 9.61. The van der Waals surface area contributed by atoms with Crippen LogP contribution >= 0.6 is 11.8 Å². The Kier molecular flexibility index (Phi) is 22.5. The van der Waals surface area contributed by atoms with Crippen molar-refractivity contribution in [2.24, 2.45) is 5.92 Å². The second kappa shape index (κ2) is 26.5. The van der Waals surface area contributed by atoms with Gasteiger partial charge in [0.2, 0.25) is 5.56 Å². The second-order valence-corrected chi connectivity index (χ2v) is 16.9. The van der Waals surface area contributed by atoms with Gasteiger partial charge in [0.05, 0.1) is 24.2 Å². The molecule has 1 fully saturated rings. The van der Waals surface area contributed by atoms with Crippen LogP contribution in [-0.2, 0) is 33.3 Å². The number of amides is 1. The van der Waals surface area contributed by atoms with Crippen LogP contribution in [-0.4, -0.2) is 70.0 Å². The average molecular weight is 767 g/mol. The van der Waals surface area contributed by atoms with E-state index in [1.165, 1.54) is 95.2 Å². The van der Waals surface area contributed by atoms with Gasteiger partial charge in [0.1, 0.15) is 6.61 Å². The minimum atomic E-state index is -3.88. The molecule has 0 spiro atoms. The zero-order valence-corrected chi connectivity index (χ0v) is 33.5. The molecule has 3 unspecified atom stereocenters. The first-order valence-corrected chi connectivity index (χ1v) is 22.4. The van der Waals surface area contributed by atoms with Crippen LogP contribution in [0, 0.1) is 12.8 Å². The first-order valence-electron chi connectivity index (χ1n) is 20.0. The Bertz CT molecular complexity index is 1260. The van der Waals surface area contributed by atoms with Crippen molar-refractivity contribution in [2.75, 3.05) is 32.9 Å². The lowest BCUT2D eigenvalue weighted by Crippen LogP contribution is -2.30. The third-order valence-corrected chi connectivity index (χ3v) is 11.9. The van der Waals surface area contributed by atoms with E-state index in [2.05, 4.69) is 12.2 Å². The Labute approximate surface area is 318 Å². The van der Waals surface area contributed by atoms with Gasteiger partial charge in [-0.05, 0) is 50.1 Å². The first-order chi connectivity index (χ1) is 25.3. The Hall–Kier alpha value is -2.28. The number of carbonyl (C=O) groups excluding carboxylic acids is 2. The van der Waals surface area contributed by atoms with Crippen molar-refractivity contribution in [3.05, 3.63) is 41.4 Å². The van der Waals surface area contributed by atoms with Crippen molar-refractivity contribution in [3.63, 3.8) is 0 Å². The lowest BCUT2D eigenvalue weighted by molar-refractivity contribution is -0.147. The van der Waals surface area contributed by atoms with E-state index in [0.717, 1.165) is 31.2 Å². The summed E-state index contributed by atoms with van der Waals surface area (Å²) in [6.07, 6.45) is 24.3. The molecule has 0 aromatic heterocycles. The molecule has 3 rings (SSSR count). The van der Waals surface area contributed by atoms with E-state index >= 15 is 0 Å². The number of carbonyl (C=O) groups is 2. The summed E-state index contributed by atoms with van der Waals surface area (Å²) >= 11 is 1.31. The van der Waals surface area contributed by atoms with Crippen LogP contribution in [0.4, 0.5) is 4.79 Å². The number of alkyl carbamates (subject to hydrolysis) is 1. The Morgan fingerprint density at radius 3 is 2.10 bits per heavy atom. The summed E-state index contributed by atoms with van der Waals surface area (Å²) in [6.45, 7) is 6.40. The quantitative estimate of drug-likeness (QED) is 0.0480. The molecule has 1 amide bonds. The molecule has 1 saturated heterocycles. The highest BCUT2D eigenvalue weighted by molar-refractivity contribution is 8.03. The Morgan fingerprint density at radius 2 is 1.44 bits per heavy atom. The van der Waals surface area contributed by atoms with Gasteiger partial charge in [-0.25, -0.2) is 8.98 Å². The number of unbranched alkanes of at least 4 members (excludes halogenated alkanes) is 16. The highest BCUT2D eigenvalue weighted by atomic mass is 32.2. The molecule has 12 heteroatoms. The lowest BCUT2D eigenvalue weighted by atomic mass is 10.0. The number of hydrogen-bond donors (Lipinski definition) is 1. The zero-order valence-electron chi connectivity index (χ0n) is 31.9. The van der Waals surface area contributed by atoms with E-state index < -0.39 is 15.7 Å². The Balaban J connectivity index is 1.10. The third-order valence-electron chi connectivity index (χ3n) is 9.63. The normalized spacial score (nSPS) is 18.6. The van der Waals surface area contributed by atoms with Crippen molar-refractivity contribution in [1.82, 2.24) is 10.2 Å². The summed E-state index contributed by atoms with van der Waals surface area (Å²) in [5.74, 6) is -0.166. The molecule has 10 nitrogen and oxygen atoms in total. The SMILES string of the molecule is CCCCCCCCCCCCCCCCCNC(=O)OCC1COC(COC(=O)CCCCCN2C=CSC2OS(=O)(=O)c2ccc(C)cc2)C1. The van der Waals surface area contributed by atoms with Crippen LogP contribution in [0.2, 0.25) is 0 Å². The number of nitrogens with zero attached hydrogens (tertiary/aromatic N) is 1. The predicted molar refractivity (Wildman–Crippen MR) is 208 cm³/mol. The fraction of sp³-hybridized carbons (Fsp3) is 0.750. The highest BCUT2D eigenvalue weighted by Crippen LogP contribution is 2.30. The number of rotatable bonds is 29. The van der Waals surface area contributed by atoms with E-state index in [0.29, 0.717) is 45.6 Å². The maximum atomic E-state index is 12.7. The molecule has 52 heavy (non-hydrogen) atoms. The number of esters is 1. The summed E-state index contributed by atoms with van der Waals surface area (Å²) in [7, 11) is -3.88. The molecule has 3 atom stereocenters. The van der Waals surface area contributed by atoms with Gasteiger partial charge in [-0.1, -0.05) is 133 Å². The molecule has 2 aliphatic rings. The van der Waals surface area contributed by atoms with E-state index in [4.69, 9.17) is 18.4 Å². The van der Waals surface area contributed by atoms with Crippen LogP contribution in [0.1, 0.15) is 141 Å². The summed E-state index contributed by atoms with van der Waals surface area (Å²) in [5.41, 5.74) is 0.333. The molecule has 1 aromatic rings.